The highest BCUT2D eigenvalue weighted by Gasteiger charge is 2.23. The van der Waals surface area contributed by atoms with Crippen molar-refractivity contribution in [3.63, 3.8) is 0 Å². The molecule has 0 radical (unpaired) electrons. The predicted octanol–water partition coefficient (Wildman–Crippen LogP) is 3.06. The zero-order valence-electron chi connectivity index (χ0n) is 8.70. The highest BCUT2D eigenvalue weighted by Crippen LogP contribution is 2.31. The topological polar surface area (TPSA) is 27.0 Å². The first-order valence-corrected chi connectivity index (χ1v) is 5.49. The number of hydrogen-bond acceptors (Lipinski definition) is 2. The van der Waals surface area contributed by atoms with E-state index < -0.39 is 0 Å². The number of hydrogen-bond donors (Lipinski definition) is 0. The molecule has 0 aromatic heterocycles. The van der Waals surface area contributed by atoms with E-state index in [1.54, 1.807) is 6.07 Å². The molecule has 0 atom stereocenters. The Labute approximate surface area is 95.1 Å². The van der Waals surface area contributed by atoms with E-state index >= 15 is 0 Å². The molecule has 0 bridgehead atoms. The lowest BCUT2D eigenvalue weighted by atomic mass is 10.2. The van der Waals surface area contributed by atoms with Crippen molar-refractivity contribution in [2.75, 3.05) is 18.5 Å². The molecular formula is C12H13ClN2. The Morgan fingerprint density at radius 3 is 2.80 bits per heavy atom. The Bertz CT molecular complexity index is 405. The van der Waals surface area contributed by atoms with Gasteiger partial charge in [-0.2, -0.15) is 5.26 Å². The van der Waals surface area contributed by atoms with E-state index in [0.29, 0.717) is 10.6 Å². The lowest BCUT2D eigenvalue weighted by Gasteiger charge is -2.19. The van der Waals surface area contributed by atoms with E-state index in [1.807, 2.05) is 12.1 Å². The van der Waals surface area contributed by atoms with Gasteiger partial charge in [-0.05, 0) is 37.0 Å². The zero-order chi connectivity index (χ0) is 10.8. The van der Waals surface area contributed by atoms with Crippen LogP contribution in [0.15, 0.2) is 18.2 Å². The van der Waals surface area contributed by atoms with Gasteiger partial charge in [0.25, 0.3) is 0 Å². The Morgan fingerprint density at radius 1 is 1.53 bits per heavy atom. The summed E-state index contributed by atoms with van der Waals surface area (Å²) in [5, 5.41) is 9.29. The van der Waals surface area contributed by atoms with Crippen molar-refractivity contribution in [3.8, 4) is 6.07 Å². The van der Waals surface area contributed by atoms with Gasteiger partial charge in [0, 0.05) is 19.3 Å². The van der Waals surface area contributed by atoms with E-state index in [0.717, 1.165) is 18.2 Å². The molecule has 1 saturated carbocycles. The molecule has 0 N–H and O–H groups in total. The summed E-state index contributed by atoms with van der Waals surface area (Å²) in [7, 11) is 2.07. The largest absolute Gasteiger partial charge is 0.374 e. The van der Waals surface area contributed by atoms with Crippen molar-refractivity contribution in [2.24, 2.45) is 5.92 Å². The standard InChI is InChI=1S/C12H13ClN2/c1-15(8-9-2-3-9)11-5-4-10(7-14)12(13)6-11/h4-6,9H,2-3,8H2,1H3. The maximum absolute atomic E-state index is 8.76. The van der Waals surface area contributed by atoms with Crippen LogP contribution in [0.2, 0.25) is 5.02 Å². The summed E-state index contributed by atoms with van der Waals surface area (Å²) >= 11 is 5.98. The lowest BCUT2D eigenvalue weighted by Crippen LogP contribution is -2.19. The van der Waals surface area contributed by atoms with Crippen LogP contribution in [0.4, 0.5) is 5.69 Å². The van der Waals surface area contributed by atoms with E-state index in [9.17, 15) is 0 Å². The number of anilines is 1. The highest BCUT2D eigenvalue weighted by atomic mass is 35.5. The summed E-state index contributed by atoms with van der Waals surface area (Å²) in [6, 6.07) is 7.66. The first kappa shape index (κ1) is 10.3. The van der Waals surface area contributed by atoms with Gasteiger partial charge in [-0.25, -0.2) is 0 Å². The molecule has 0 unspecified atom stereocenters. The number of benzene rings is 1. The average molecular weight is 221 g/mol. The van der Waals surface area contributed by atoms with E-state index in [-0.39, 0.29) is 0 Å². The normalized spacial score (nSPS) is 14.7. The highest BCUT2D eigenvalue weighted by molar-refractivity contribution is 6.32. The monoisotopic (exact) mass is 220 g/mol. The lowest BCUT2D eigenvalue weighted by molar-refractivity contribution is 0.787. The molecule has 1 aromatic rings. The Kier molecular flexibility index (Phi) is 2.83. The van der Waals surface area contributed by atoms with Gasteiger partial charge in [-0.1, -0.05) is 11.6 Å². The quantitative estimate of drug-likeness (QED) is 0.783. The van der Waals surface area contributed by atoms with Gasteiger partial charge >= 0.3 is 0 Å². The Hall–Kier alpha value is -1.20. The third-order valence-corrected chi connectivity index (χ3v) is 3.06. The predicted molar refractivity (Wildman–Crippen MR) is 62.2 cm³/mol. The second-order valence-corrected chi connectivity index (χ2v) is 4.51. The maximum Gasteiger partial charge on any atom is 0.101 e. The minimum atomic E-state index is 0.539. The van der Waals surface area contributed by atoms with E-state index in [4.69, 9.17) is 16.9 Å². The molecule has 0 heterocycles. The van der Waals surface area contributed by atoms with Crippen molar-refractivity contribution in [1.29, 1.82) is 5.26 Å². The fourth-order valence-electron chi connectivity index (χ4n) is 1.63. The molecule has 1 aliphatic rings. The van der Waals surface area contributed by atoms with Crippen molar-refractivity contribution >= 4 is 17.3 Å². The van der Waals surface area contributed by atoms with Gasteiger partial charge in [-0.3, -0.25) is 0 Å². The summed E-state index contributed by atoms with van der Waals surface area (Å²) in [6.07, 6.45) is 2.68. The van der Waals surface area contributed by atoms with Crippen LogP contribution in [-0.2, 0) is 0 Å². The SMILES string of the molecule is CN(CC1CC1)c1ccc(C#N)c(Cl)c1. The van der Waals surface area contributed by atoms with Crippen LogP contribution in [0.1, 0.15) is 18.4 Å². The average Bonchev–Trinajstić information content (AvgIpc) is 3.01. The fraction of sp³-hybridized carbons (Fsp3) is 0.417. The third kappa shape index (κ3) is 2.43. The molecule has 0 amide bonds. The van der Waals surface area contributed by atoms with Crippen molar-refractivity contribution < 1.29 is 0 Å². The number of rotatable bonds is 3. The van der Waals surface area contributed by atoms with Crippen molar-refractivity contribution in [1.82, 2.24) is 0 Å². The molecular weight excluding hydrogens is 208 g/mol. The van der Waals surface area contributed by atoms with Crippen LogP contribution in [0.5, 0.6) is 0 Å². The van der Waals surface area contributed by atoms with Crippen molar-refractivity contribution in [2.45, 2.75) is 12.8 Å². The molecule has 1 aromatic carbocycles. The van der Waals surface area contributed by atoms with Crippen LogP contribution in [0.25, 0.3) is 0 Å². The summed E-state index contributed by atoms with van der Waals surface area (Å²) in [4.78, 5) is 2.20. The van der Waals surface area contributed by atoms with Crippen LogP contribution < -0.4 is 4.90 Å². The molecule has 15 heavy (non-hydrogen) atoms. The van der Waals surface area contributed by atoms with Crippen LogP contribution in [0, 0.1) is 17.2 Å². The van der Waals surface area contributed by atoms with Gasteiger partial charge in [0.2, 0.25) is 0 Å². The van der Waals surface area contributed by atoms with Crippen molar-refractivity contribution in [3.05, 3.63) is 28.8 Å². The van der Waals surface area contributed by atoms with Gasteiger partial charge < -0.3 is 4.90 Å². The Morgan fingerprint density at radius 2 is 2.27 bits per heavy atom. The summed E-state index contributed by atoms with van der Waals surface area (Å²) in [5.74, 6) is 0.851. The maximum atomic E-state index is 8.76. The molecule has 1 fully saturated rings. The molecule has 2 rings (SSSR count). The smallest absolute Gasteiger partial charge is 0.101 e. The molecule has 0 saturated heterocycles. The van der Waals surface area contributed by atoms with Gasteiger partial charge in [0.1, 0.15) is 6.07 Å². The molecule has 3 heteroatoms. The van der Waals surface area contributed by atoms with Gasteiger partial charge in [0.05, 0.1) is 10.6 Å². The molecule has 2 nitrogen and oxygen atoms in total. The number of nitrogens with zero attached hydrogens (tertiary/aromatic N) is 2. The number of halogens is 1. The molecule has 78 valence electrons. The summed E-state index contributed by atoms with van der Waals surface area (Å²) in [6.45, 7) is 1.09. The first-order chi connectivity index (χ1) is 7.20. The fourth-order valence-corrected chi connectivity index (χ4v) is 1.84. The Balaban J connectivity index is 2.14. The zero-order valence-corrected chi connectivity index (χ0v) is 9.46. The minimum Gasteiger partial charge on any atom is -0.374 e. The van der Waals surface area contributed by atoms with Crippen LogP contribution >= 0.6 is 11.6 Å². The second-order valence-electron chi connectivity index (χ2n) is 4.10. The van der Waals surface area contributed by atoms with E-state index in [1.165, 1.54) is 12.8 Å². The first-order valence-electron chi connectivity index (χ1n) is 5.11. The molecule has 0 aliphatic heterocycles. The van der Waals surface area contributed by atoms with Gasteiger partial charge in [0.15, 0.2) is 0 Å². The summed E-state index contributed by atoms with van der Waals surface area (Å²) in [5.41, 5.74) is 1.63. The molecule has 0 spiro atoms. The molecule has 1 aliphatic carbocycles. The second kappa shape index (κ2) is 4.12. The number of nitriles is 1. The van der Waals surface area contributed by atoms with Gasteiger partial charge in [-0.15, -0.1) is 0 Å². The van der Waals surface area contributed by atoms with E-state index in [2.05, 4.69) is 18.0 Å². The third-order valence-electron chi connectivity index (χ3n) is 2.74. The van der Waals surface area contributed by atoms with Crippen LogP contribution in [-0.4, -0.2) is 13.6 Å². The summed E-state index contributed by atoms with van der Waals surface area (Å²) < 4.78 is 0. The minimum absolute atomic E-state index is 0.539. The van der Waals surface area contributed by atoms with Crippen LogP contribution in [0.3, 0.4) is 0 Å².